The minimum absolute atomic E-state index is 0.0303. The second-order valence-electron chi connectivity index (χ2n) is 7.30. The third-order valence-electron chi connectivity index (χ3n) is 4.38. The standard InChI is InChI=1S/C22H25Cl2FN2O3/c1-14(2)11-26-22(29)15(3)27(12-16-8-9-17(23)18(24)10-16)21(28)13-30-20-7-5-4-6-19(20)25/h4-10,14-15H,11-13H2,1-3H3,(H,26,29). The molecule has 5 nitrogen and oxygen atoms in total. The molecule has 0 radical (unpaired) electrons. The van der Waals surface area contributed by atoms with E-state index in [9.17, 15) is 14.0 Å². The number of benzene rings is 2. The van der Waals surface area contributed by atoms with Gasteiger partial charge in [-0.1, -0.05) is 55.2 Å². The van der Waals surface area contributed by atoms with E-state index in [2.05, 4.69) is 5.32 Å². The van der Waals surface area contributed by atoms with Crippen LogP contribution in [0, 0.1) is 11.7 Å². The Morgan fingerprint density at radius 3 is 2.43 bits per heavy atom. The number of hydrogen-bond acceptors (Lipinski definition) is 3. The van der Waals surface area contributed by atoms with Crippen LogP contribution in [0.15, 0.2) is 42.5 Å². The van der Waals surface area contributed by atoms with Gasteiger partial charge in [-0.15, -0.1) is 0 Å². The summed E-state index contributed by atoms with van der Waals surface area (Å²) in [6, 6.07) is 10.0. The van der Waals surface area contributed by atoms with Crippen LogP contribution in [0.2, 0.25) is 10.0 Å². The number of hydrogen-bond donors (Lipinski definition) is 1. The minimum atomic E-state index is -0.769. The van der Waals surface area contributed by atoms with E-state index in [-0.39, 0.29) is 24.1 Å². The molecule has 8 heteroatoms. The number of carbonyl (C=O) groups is 2. The van der Waals surface area contributed by atoms with Crippen LogP contribution in [0.4, 0.5) is 4.39 Å². The Morgan fingerprint density at radius 1 is 1.10 bits per heavy atom. The summed E-state index contributed by atoms with van der Waals surface area (Å²) in [7, 11) is 0. The van der Waals surface area contributed by atoms with Crippen LogP contribution >= 0.6 is 23.2 Å². The number of para-hydroxylation sites is 1. The Bertz CT molecular complexity index is 892. The first kappa shape index (κ1) is 24.0. The predicted octanol–water partition coefficient (Wildman–Crippen LogP) is 4.70. The van der Waals surface area contributed by atoms with E-state index in [4.69, 9.17) is 27.9 Å². The second kappa shape index (κ2) is 11.2. The maximum absolute atomic E-state index is 13.8. The zero-order valence-electron chi connectivity index (χ0n) is 17.1. The van der Waals surface area contributed by atoms with Crippen LogP contribution < -0.4 is 10.1 Å². The Labute approximate surface area is 186 Å². The van der Waals surface area contributed by atoms with E-state index in [1.807, 2.05) is 13.8 Å². The van der Waals surface area contributed by atoms with Gasteiger partial charge in [-0.25, -0.2) is 4.39 Å². The molecule has 1 N–H and O–H groups in total. The number of nitrogens with zero attached hydrogens (tertiary/aromatic N) is 1. The molecule has 0 fully saturated rings. The van der Waals surface area contributed by atoms with Gasteiger partial charge >= 0.3 is 0 Å². The van der Waals surface area contributed by atoms with Crippen LogP contribution in [0.1, 0.15) is 26.3 Å². The minimum Gasteiger partial charge on any atom is -0.481 e. The first-order valence-corrected chi connectivity index (χ1v) is 10.3. The van der Waals surface area contributed by atoms with Gasteiger partial charge in [0, 0.05) is 13.1 Å². The molecule has 0 aliphatic rings. The SMILES string of the molecule is CC(C)CNC(=O)C(C)N(Cc1ccc(Cl)c(Cl)c1)C(=O)COc1ccccc1F. The third-order valence-corrected chi connectivity index (χ3v) is 5.12. The molecular formula is C22H25Cl2FN2O3. The molecule has 2 aromatic carbocycles. The quantitative estimate of drug-likeness (QED) is 0.597. The lowest BCUT2D eigenvalue weighted by Gasteiger charge is -2.29. The fourth-order valence-electron chi connectivity index (χ4n) is 2.65. The lowest BCUT2D eigenvalue weighted by atomic mass is 10.1. The van der Waals surface area contributed by atoms with Crippen molar-refractivity contribution < 1.29 is 18.7 Å². The molecule has 0 saturated heterocycles. The Kier molecular flexibility index (Phi) is 8.93. The molecule has 0 heterocycles. The third kappa shape index (κ3) is 6.89. The molecular weight excluding hydrogens is 430 g/mol. The lowest BCUT2D eigenvalue weighted by Crippen LogP contribution is -2.49. The van der Waals surface area contributed by atoms with Crippen molar-refractivity contribution in [1.29, 1.82) is 0 Å². The van der Waals surface area contributed by atoms with E-state index in [1.54, 1.807) is 31.2 Å². The molecule has 0 aromatic heterocycles. The molecule has 2 amide bonds. The summed E-state index contributed by atoms with van der Waals surface area (Å²) in [5, 5.41) is 3.57. The molecule has 0 aliphatic carbocycles. The zero-order chi connectivity index (χ0) is 22.3. The Balaban J connectivity index is 2.18. The van der Waals surface area contributed by atoms with Crippen LogP contribution in [0.25, 0.3) is 0 Å². The first-order valence-electron chi connectivity index (χ1n) is 9.57. The van der Waals surface area contributed by atoms with Crippen molar-refractivity contribution in [3.63, 3.8) is 0 Å². The molecule has 1 atom stereocenters. The number of nitrogens with one attached hydrogen (secondary N) is 1. The molecule has 2 rings (SSSR count). The first-order chi connectivity index (χ1) is 14.2. The molecule has 30 heavy (non-hydrogen) atoms. The molecule has 0 bridgehead atoms. The predicted molar refractivity (Wildman–Crippen MR) is 116 cm³/mol. The Hall–Kier alpha value is -2.31. The summed E-state index contributed by atoms with van der Waals surface area (Å²) in [5.74, 6) is -1.08. The molecule has 0 spiro atoms. The average Bonchev–Trinajstić information content (AvgIpc) is 2.71. The summed E-state index contributed by atoms with van der Waals surface area (Å²) < 4.78 is 19.1. The van der Waals surface area contributed by atoms with E-state index in [0.717, 1.165) is 0 Å². The molecule has 2 aromatic rings. The fraction of sp³-hybridized carbons (Fsp3) is 0.364. The van der Waals surface area contributed by atoms with Crippen LogP contribution in [0.3, 0.4) is 0 Å². The molecule has 0 saturated carbocycles. The van der Waals surface area contributed by atoms with Gasteiger partial charge in [0.15, 0.2) is 18.2 Å². The Morgan fingerprint density at radius 2 is 1.80 bits per heavy atom. The average molecular weight is 455 g/mol. The van der Waals surface area contributed by atoms with Crippen LogP contribution in [0.5, 0.6) is 5.75 Å². The van der Waals surface area contributed by atoms with Gasteiger partial charge in [0.2, 0.25) is 5.91 Å². The highest BCUT2D eigenvalue weighted by Crippen LogP contribution is 2.24. The van der Waals surface area contributed by atoms with Crippen molar-refractivity contribution in [1.82, 2.24) is 10.2 Å². The van der Waals surface area contributed by atoms with Gasteiger partial charge in [-0.05, 0) is 42.7 Å². The second-order valence-corrected chi connectivity index (χ2v) is 8.12. The van der Waals surface area contributed by atoms with Gasteiger partial charge < -0.3 is 15.0 Å². The fourth-order valence-corrected chi connectivity index (χ4v) is 2.97. The van der Waals surface area contributed by atoms with E-state index in [0.29, 0.717) is 22.2 Å². The van der Waals surface area contributed by atoms with Crippen LogP contribution in [-0.4, -0.2) is 35.9 Å². The highest BCUT2D eigenvalue weighted by atomic mass is 35.5. The number of carbonyl (C=O) groups excluding carboxylic acids is 2. The van der Waals surface area contributed by atoms with Crippen molar-refractivity contribution >= 4 is 35.0 Å². The van der Waals surface area contributed by atoms with Crippen molar-refractivity contribution in [2.24, 2.45) is 5.92 Å². The number of halogens is 3. The van der Waals surface area contributed by atoms with Gasteiger partial charge in [0.1, 0.15) is 6.04 Å². The largest absolute Gasteiger partial charge is 0.481 e. The molecule has 162 valence electrons. The highest BCUT2D eigenvalue weighted by molar-refractivity contribution is 6.42. The van der Waals surface area contributed by atoms with E-state index >= 15 is 0 Å². The van der Waals surface area contributed by atoms with Crippen molar-refractivity contribution in [3.8, 4) is 5.75 Å². The lowest BCUT2D eigenvalue weighted by molar-refractivity contribution is -0.142. The topological polar surface area (TPSA) is 58.6 Å². The van der Waals surface area contributed by atoms with E-state index in [1.165, 1.54) is 23.1 Å². The zero-order valence-corrected chi connectivity index (χ0v) is 18.6. The maximum atomic E-state index is 13.8. The number of amides is 2. The maximum Gasteiger partial charge on any atom is 0.261 e. The molecule has 1 unspecified atom stereocenters. The number of ether oxygens (including phenoxy) is 1. The number of rotatable bonds is 9. The normalized spacial score (nSPS) is 11.8. The monoisotopic (exact) mass is 454 g/mol. The van der Waals surface area contributed by atoms with E-state index < -0.39 is 24.4 Å². The van der Waals surface area contributed by atoms with Gasteiger partial charge in [-0.3, -0.25) is 9.59 Å². The van der Waals surface area contributed by atoms with Crippen molar-refractivity contribution in [3.05, 3.63) is 63.9 Å². The molecule has 0 aliphatic heterocycles. The smallest absolute Gasteiger partial charge is 0.261 e. The summed E-state index contributed by atoms with van der Waals surface area (Å²) in [5.41, 5.74) is 0.701. The summed E-state index contributed by atoms with van der Waals surface area (Å²) >= 11 is 12.0. The van der Waals surface area contributed by atoms with Crippen LogP contribution in [-0.2, 0) is 16.1 Å². The summed E-state index contributed by atoms with van der Waals surface area (Å²) in [6.45, 7) is 5.78. The van der Waals surface area contributed by atoms with Gasteiger partial charge in [-0.2, -0.15) is 0 Å². The highest BCUT2D eigenvalue weighted by Gasteiger charge is 2.27. The van der Waals surface area contributed by atoms with Crippen molar-refractivity contribution in [2.75, 3.05) is 13.2 Å². The summed E-state index contributed by atoms with van der Waals surface area (Å²) in [6.07, 6.45) is 0. The van der Waals surface area contributed by atoms with Gasteiger partial charge in [0.05, 0.1) is 10.0 Å². The van der Waals surface area contributed by atoms with Gasteiger partial charge in [0.25, 0.3) is 5.91 Å². The summed E-state index contributed by atoms with van der Waals surface area (Å²) in [4.78, 5) is 26.9. The van der Waals surface area contributed by atoms with Crippen molar-refractivity contribution in [2.45, 2.75) is 33.4 Å².